The number of pyridine rings is 1. The SMILES string of the molecule is N#Cc1ccc(Cl)c(N2CCCC2)n1. The van der Waals surface area contributed by atoms with Crippen LogP contribution in [0.1, 0.15) is 18.5 Å². The molecule has 0 unspecified atom stereocenters. The Balaban J connectivity index is 2.35. The first kappa shape index (κ1) is 9.29. The second kappa shape index (κ2) is 3.85. The lowest BCUT2D eigenvalue weighted by molar-refractivity contribution is 0.935. The van der Waals surface area contributed by atoms with Crippen molar-refractivity contribution in [3.8, 4) is 6.07 Å². The molecule has 0 aromatic carbocycles. The number of anilines is 1. The fraction of sp³-hybridized carbons (Fsp3) is 0.400. The molecule has 0 saturated carbocycles. The number of aromatic nitrogens is 1. The first-order valence-corrected chi connectivity index (χ1v) is 5.00. The van der Waals surface area contributed by atoms with Gasteiger partial charge >= 0.3 is 0 Å². The van der Waals surface area contributed by atoms with Crippen LogP contribution in [0.25, 0.3) is 0 Å². The molecule has 72 valence electrons. The minimum absolute atomic E-state index is 0.427. The maximum absolute atomic E-state index is 8.72. The third kappa shape index (κ3) is 1.66. The molecule has 1 aliphatic heterocycles. The molecule has 4 heteroatoms. The van der Waals surface area contributed by atoms with Crippen molar-refractivity contribution in [2.75, 3.05) is 18.0 Å². The van der Waals surface area contributed by atoms with E-state index in [1.54, 1.807) is 12.1 Å². The zero-order chi connectivity index (χ0) is 9.97. The summed E-state index contributed by atoms with van der Waals surface area (Å²) in [5.41, 5.74) is 0.427. The van der Waals surface area contributed by atoms with Crippen LogP contribution < -0.4 is 4.90 Å². The summed E-state index contributed by atoms with van der Waals surface area (Å²) in [6.07, 6.45) is 2.35. The Bertz CT molecular complexity index is 377. The quantitative estimate of drug-likeness (QED) is 0.709. The van der Waals surface area contributed by atoms with Crippen molar-refractivity contribution in [1.29, 1.82) is 5.26 Å². The van der Waals surface area contributed by atoms with E-state index in [0.717, 1.165) is 18.9 Å². The van der Waals surface area contributed by atoms with Gasteiger partial charge in [0.1, 0.15) is 17.6 Å². The lowest BCUT2D eigenvalue weighted by Gasteiger charge is -2.17. The average molecular weight is 208 g/mol. The fourth-order valence-corrected chi connectivity index (χ4v) is 1.87. The highest BCUT2D eigenvalue weighted by molar-refractivity contribution is 6.32. The van der Waals surface area contributed by atoms with Crippen LogP contribution in [-0.4, -0.2) is 18.1 Å². The smallest absolute Gasteiger partial charge is 0.148 e. The predicted octanol–water partition coefficient (Wildman–Crippen LogP) is 2.21. The maximum Gasteiger partial charge on any atom is 0.148 e. The average Bonchev–Trinajstić information content (AvgIpc) is 2.71. The van der Waals surface area contributed by atoms with Crippen molar-refractivity contribution < 1.29 is 0 Å². The molecule has 2 rings (SSSR count). The van der Waals surface area contributed by atoms with Crippen LogP contribution in [0.15, 0.2) is 12.1 Å². The van der Waals surface area contributed by atoms with Gasteiger partial charge < -0.3 is 4.90 Å². The van der Waals surface area contributed by atoms with Gasteiger partial charge in [0.05, 0.1) is 5.02 Å². The van der Waals surface area contributed by atoms with Crippen LogP contribution in [0.3, 0.4) is 0 Å². The van der Waals surface area contributed by atoms with Gasteiger partial charge in [-0.1, -0.05) is 11.6 Å². The summed E-state index contributed by atoms with van der Waals surface area (Å²) in [4.78, 5) is 6.33. The summed E-state index contributed by atoms with van der Waals surface area (Å²) in [6, 6.07) is 5.40. The van der Waals surface area contributed by atoms with Gasteiger partial charge in [-0.25, -0.2) is 4.98 Å². The maximum atomic E-state index is 8.72. The van der Waals surface area contributed by atoms with Crippen LogP contribution in [0.5, 0.6) is 0 Å². The Morgan fingerprint density at radius 3 is 2.71 bits per heavy atom. The molecule has 0 spiro atoms. The van der Waals surface area contributed by atoms with E-state index in [4.69, 9.17) is 16.9 Å². The molecule has 0 radical (unpaired) electrons. The molecule has 0 atom stereocenters. The standard InChI is InChI=1S/C10H10ClN3/c11-9-4-3-8(7-12)13-10(9)14-5-1-2-6-14/h3-4H,1-2,5-6H2. The van der Waals surface area contributed by atoms with Gasteiger partial charge in [-0.05, 0) is 25.0 Å². The van der Waals surface area contributed by atoms with E-state index < -0.39 is 0 Å². The Kier molecular flexibility index (Phi) is 2.55. The van der Waals surface area contributed by atoms with E-state index in [1.807, 2.05) is 6.07 Å². The molecular weight excluding hydrogens is 198 g/mol. The van der Waals surface area contributed by atoms with Gasteiger partial charge in [0.15, 0.2) is 0 Å². The molecule has 0 N–H and O–H groups in total. The molecule has 3 nitrogen and oxygen atoms in total. The third-order valence-corrected chi connectivity index (χ3v) is 2.64. The van der Waals surface area contributed by atoms with Crippen LogP contribution >= 0.6 is 11.6 Å². The number of hydrogen-bond donors (Lipinski definition) is 0. The van der Waals surface area contributed by atoms with E-state index in [-0.39, 0.29) is 0 Å². The van der Waals surface area contributed by atoms with Crippen molar-refractivity contribution in [3.05, 3.63) is 22.8 Å². The van der Waals surface area contributed by atoms with E-state index in [0.29, 0.717) is 10.7 Å². The van der Waals surface area contributed by atoms with E-state index in [9.17, 15) is 0 Å². The highest BCUT2D eigenvalue weighted by Crippen LogP contribution is 2.26. The number of hydrogen-bond acceptors (Lipinski definition) is 3. The van der Waals surface area contributed by atoms with Crippen LogP contribution in [-0.2, 0) is 0 Å². The molecule has 1 aromatic heterocycles. The second-order valence-corrected chi connectivity index (χ2v) is 3.72. The molecule has 0 amide bonds. The lowest BCUT2D eigenvalue weighted by Crippen LogP contribution is -2.19. The van der Waals surface area contributed by atoms with Gasteiger partial charge in [-0.3, -0.25) is 0 Å². The summed E-state index contributed by atoms with van der Waals surface area (Å²) >= 11 is 6.02. The van der Waals surface area contributed by atoms with Crippen LogP contribution in [0.4, 0.5) is 5.82 Å². The summed E-state index contributed by atoms with van der Waals surface area (Å²) in [5.74, 6) is 0.753. The molecule has 2 heterocycles. The normalized spacial score (nSPS) is 15.6. The first-order chi connectivity index (χ1) is 6.81. The largest absolute Gasteiger partial charge is 0.355 e. The minimum Gasteiger partial charge on any atom is -0.355 e. The Labute approximate surface area is 87.9 Å². The monoisotopic (exact) mass is 207 g/mol. The Morgan fingerprint density at radius 2 is 2.07 bits per heavy atom. The summed E-state index contributed by atoms with van der Waals surface area (Å²) in [6.45, 7) is 1.98. The summed E-state index contributed by atoms with van der Waals surface area (Å²) < 4.78 is 0. The minimum atomic E-state index is 0.427. The van der Waals surface area contributed by atoms with E-state index in [2.05, 4.69) is 9.88 Å². The van der Waals surface area contributed by atoms with Crippen molar-refractivity contribution in [2.24, 2.45) is 0 Å². The summed E-state index contributed by atoms with van der Waals surface area (Å²) in [7, 11) is 0. The number of rotatable bonds is 1. The van der Waals surface area contributed by atoms with Crippen molar-refractivity contribution in [3.63, 3.8) is 0 Å². The van der Waals surface area contributed by atoms with Gasteiger partial charge in [0, 0.05) is 13.1 Å². The van der Waals surface area contributed by atoms with Crippen molar-refractivity contribution in [1.82, 2.24) is 4.98 Å². The van der Waals surface area contributed by atoms with Crippen LogP contribution in [0.2, 0.25) is 5.02 Å². The van der Waals surface area contributed by atoms with Crippen molar-refractivity contribution in [2.45, 2.75) is 12.8 Å². The van der Waals surface area contributed by atoms with Gasteiger partial charge in [0.25, 0.3) is 0 Å². The first-order valence-electron chi connectivity index (χ1n) is 4.63. The molecule has 14 heavy (non-hydrogen) atoms. The second-order valence-electron chi connectivity index (χ2n) is 3.31. The highest BCUT2D eigenvalue weighted by Gasteiger charge is 2.16. The molecule has 1 aliphatic rings. The highest BCUT2D eigenvalue weighted by atomic mass is 35.5. The van der Waals surface area contributed by atoms with E-state index in [1.165, 1.54) is 12.8 Å². The molecule has 1 saturated heterocycles. The lowest BCUT2D eigenvalue weighted by atomic mass is 10.3. The van der Waals surface area contributed by atoms with Crippen LogP contribution in [0, 0.1) is 11.3 Å². The van der Waals surface area contributed by atoms with Gasteiger partial charge in [0.2, 0.25) is 0 Å². The van der Waals surface area contributed by atoms with Crippen molar-refractivity contribution >= 4 is 17.4 Å². The summed E-state index contributed by atoms with van der Waals surface area (Å²) in [5, 5.41) is 9.35. The zero-order valence-electron chi connectivity index (χ0n) is 7.70. The Morgan fingerprint density at radius 1 is 1.36 bits per heavy atom. The number of nitrogens with zero attached hydrogens (tertiary/aromatic N) is 3. The zero-order valence-corrected chi connectivity index (χ0v) is 8.46. The number of nitriles is 1. The molecular formula is C10H10ClN3. The topological polar surface area (TPSA) is 39.9 Å². The molecule has 1 aromatic rings. The molecule has 0 bridgehead atoms. The Hall–Kier alpha value is -1.27. The molecule has 0 aliphatic carbocycles. The predicted molar refractivity (Wildman–Crippen MR) is 55.4 cm³/mol. The van der Waals surface area contributed by atoms with Gasteiger partial charge in [-0.15, -0.1) is 0 Å². The third-order valence-electron chi connectivity index (χ3n) is 2.35. The molecule has 1 fully saturated rings. The van der Waals surface area contributed by atoms with Gasteiger partial charge in [-0.2, -0.15) is 5.26 Å². The fourth-order valence-electron chi connectivity index (χ4n) is 1.64. The van der Waals surface area contributed by atoms with E-state index >= 15 is 0 Å². The number of halogens is 1.